The van der Waals surface area contributed by atoms with E-state index in [-0.39, 0.29) is 23.7 Å². The summed E-state index contributed by atoms with van der Waals surface area (Å²) in [7, 11) is 0. The first kappa shape index (κ1) is 19.9. The van der Waals surface area contributed by atoms with Gasteiger partial charge in [-0.3, -0.25) is 14.9 Å². The van der Waals surface area contributed by atoms with Crippen molar-refractivity contribution in [2.75, 3.05) is 0 Å². The zero-order valence-electron chi connectivity index (χ0n) is 15.1. The molecule has 0 aliphatic carbocycles. The summed E-state index contributed by atoms with van der Waals surface area (Å²) >= 11 is 0. The van der Waals surface area contributed by atoms with E-state index in [4.69, 9.17) is 0 Å². The molecule has 0 aromatic carbocycles. The smallest absolute Gasteiger partial charge is 0.230 e. The monoisotopic (exact) mass is 321 g/mol. The molecule has 1 N–H and O–H groups in total. The number of hydrogen-bond acceptors (Lipinski definition) is 2. The van der Waals surface area contributed by atoms with Crippen molar-refractivity contribution in [2.45, 2.75) is 90.9 Å². The van der Waals surface area contributed by atoms with E-state index in [9.17, 15) is 9.59 Å². The van der Waals surface area contributed by atoms with Gasteiger partial charge >= 0.3 is 0 Å². The number of amides is 2. The number of hydrogen-bond donors (Lipinski definition) is 1. The third-order valence-corrected chi connectivity index (χ3v) is 4.77. The van der Waals surface area contributed by atoms with Crippen LogP contribution in [0.25, 0.3) is 0 Å². The summed E-state index contributed by atoms with van der Waals surface area (Å²) in [5.41, 5.74) is 0. The minimum absolute atomic E-state index is 0.0688. The molecule has 2 atom stereocenters. The highest BCUT2D eigenvalue weighted by atomic mass is 16.2. The number of imide groups is 1. The summed E-state index contributed by atoms with van der Waals surface area (Å²) in [6.07, 6.45) is 18.3. The Hall–Kier alpha value is -1.12. The van der Waals surface area contributed by atoms with E-state index in [0.717, 1.165) is 19.3 Å². The maximum absolute atomic E-state index is 11.9. The minimum atomic E-state index is -0.139. The van der Waals surface area contributed by atoms with Crippen molar-refractivity contribution >= 4 is 11.8 Å². The molecule has 0 radical (unpaired) electrons. The number of unbranched alkanes of at least 4 members (excludes halogenated alkanes) is 8. The van der Waals surface area contributed by atoms with Gasteiger partial charge in [-0.05, 0) is 25.2 Å². The molecule has 1 rings (SSSR count). The third kappa shape index (κ3) is 8.34. The van der Waals surface area contributed by atoms with E-state index in [2.05, 4.69) is 31.3 Å². The SMILES string of the molecule is CCCCCCCC/C=C/C(CCCCC)C1CC(=O)NC1=O. The van der Waals surface area contributed by atoms with Crippen molar-refractivity contribution in [3.05, 3.63) is 12.2 Å². The van der Waals surface area contributed by atoms with E-state index >= 15 is 0 Å². The number of allylic oxidation sites excluding steroid dienone is 2. The van der Waals surface area contributed by atoms with Crippen molar-refractivity contribution < 1.29 is 9.59 Å². The highest BCUT2D eigenvalue weighted by Gasteiger charge is 2.35. The Balaban J connectivity index is 2.35. The molecule has 0 saturated carbocycles. The molecule has 1 fully saturated rings. The standard InChI is InChI=1S/C20H35NO2/c1-3-5-7-8-9-10-11-13-15-17(14-12-6-4-2)18-16-19(22)21-20(18)23/h13,15,17-18H,3-12,14,16H2,1-2H3,(H,21,22,23)/b15-13+. The first-order valence-corrected chi connectivity index (χ1v) is 9.69. The topological polar surface area (TPSA) is 46.2 Å². The first-order chi connectivity index (χ1) is 11.2. The van der Waals surface area contributed by atoms with Crippen LogP contribution in [-0.2, 0) is 9.59 Å². The number of rotatable bonds is 13. The summed E-state index contributed by atoms with van der Waals surface area (Å²) in [4.78, 5) is 23.4. The fourth-order valence-corrected chi connectivity index (χ4v) is 3.29. The van der Waals surface area contributed by atoms with E-state index in [1.165, 1.54) is 51.4 Å². The molecule has 23 heavy (non-hydrogen) atoms. The lowest BCUT2D eigenvalue weighted by atomic mass is 9.86. The lowest BCUT2D eigenvalue weighted by Gasteiger charge is -2.17. The molecule has 1 aliphatic rings. The predicted octanol–water partition coefficient (Wildman–Crippen LogP) is 5.15. The van der Waals surface area contributed by atoms with Crippen molar-refractivity contribution in [1.29, 1.82) is 0 Å². The molecular formula is C20H35NO2. The van der Waals surface area contributed by atoms with Gasteiger partial charge in [0.15, 0.2) is 0 Å². The average molecular weight is 322 g/mol. The van der Waals surface area contributed by atoms with Crippen LogP contribution in [0.3, 0.4) is 0 Å². The van der Waals surface area contributed by atoms with E-state index < -0.39 is 0 Å². The van der Waals surface area contributed by atoms with Gasteiger partial charge in [-0.2, -0.15) is 0 Å². The molecule has 0 bridgehead atoms. The zero-order chi connectivity index (χ0) is 16.9. The van der Waals surface area contributed by atoms with Crippen LogP contribution in [0, 0.1) is 11.8 Å². The first-order valence-electron chi connectivity index (χ1n) is 9.69. The zero-order valence-corrected chi connectivity index (χ0v) is 15.1. The fourth-order valence-electron chi connectivity index (χ4n) is 3.29. The van der Waals surface area contributed by atoms with Gasteiger partial charge in [0.25, 0.3) is 0 Å². The van der Waals surface area contributed by atoms with Crippen molar-refractivity contribution in [3.63, 3.8) is 0 Å². The highest BCUT2D eigenvalue weighted by Crippen LogP contribution is 2.27. The largest absolute Gasteiger partial charge is 0.296 e. The molecule has 0 aromatic rings. The second-order valence-corrected chi connectivity index (χ2v) is 6.87. The summed E-state index contributed by atoms with van der Waals surface area (Å²) in [6, 6.07) is 0. The third-order valence-electron chi connectivity index (χ3n) is 4.77. The van der Waals surface area contributed by atoms with Gasteiger partial charge in [0, 0.05) is 6.42 Å². The Kier molecular flexibility index (Phi) is 10.7. The van der Waals surface area contributed by atoms with Gasteiger partial charge in [0.2, 0.25) is 11.8 Å². The van der Waals surface area contributed by atoms with Crippen LogP contribution in [0.15, 0.2) is 12.2 Å². The molecule has 2 unspecified atom stereocenters. The second kappa shape index (κ2) is 12.3. The van der Waals surface area contributed by atoms with Crippen LogP contribution in [0.5, 0.6) is 0 Å². The maximum atomic E-state index is 11.9. The molecule has 132 valence electrons. The number of nitrogens with one attached hydrogen (secondary N) is 1. The average Bonchev–Trinajstić information content (AvgIpc) is 2.86. The predicted molar refractivity (Wildman–Crippen MR) is 96.0 cm³/mol. The number of carbonyl (C=O) groups excluding carboxylic acids is 2. The lowest BCUT2D eigenvalue weighted by molar-refractivity contribution is -0.126. The van der Waals surface area contributed by atoms with E-state index in [1.54, 1.807) is 0 Å². The van der Waals surface area contributed by atoms with Crippen molar-refractivity contribution in [1.82, 2.24) is 5.32 Å². The van der Waals surface area contributed by atoms with Crippen LogP contribution in [-0.4, -0.2) is 11.8 Å². The molecule has 2 amide bonds. The van der Waals surface area contributed by atoms with Crippen molar-refractivity contribution in [2.24, 2.45) is 11.8 Å². The fraction of sp³-hybridized carbons (Fsp3) is 0.800. The Bertz CT molecular complexity index is 376. The molecule has 1 aliphatic heterocycles. The summed E-state index contributed by atoms with van der Waals surface area (Å²) in [5.74, 6) is -0.0845. The van der Waals surface area contributed by atoms with Crippen LogP contribution in [0.4, 0.5) is 0 Å². The highest BCUT2D eigenvalue weighted by molar-refractivity contribution is 6.03. The molecule has 1 saturated heterocycles. The van der Waals surface area contributed by atoms with Gasteiger partial charge in [-0.25, -0.2) is 0 Å². The Morgan fingerprint density at radius 1 is 1.00 bits per heavy atom. The van der Waals surface area contributed by atoms with Gasteiger partial charge in [0.05, 0.1) is 5.92 Å². The van der Waals surface area contributed by atoms with Crippen LogP contribution in [0.1, 0.15) is 90.9 Å². The van der Waals surface area contributed by atoms with Crippen molar-refractivity contribution in [3.8, 4) is 0 Å². The summed E-state index contributed by atoms with van der Waals surface area (Å²) in [6.45, 7) is 4.43. The number of carbonyl (C=O) groups is 2. The minimum Gasteiger partial charge on any atom is -0.296 e. The molecular weight excluding hydrogens is 286 g/mol. The summed E-state index contributed by atoms with van der Waals surface area (Å²) < 4.78 is 0. The normalized spacial score (nSPS) is 19.5. The van der Waals surface area contributed by atoms with Crippen LogP contribution in [0.2, 0.25) is 0 Å². The molecule has 3 nitrogen and oxygen atoms in total. The van der Waals surface area contributed by atoms with E-state index in [1.807, 2.05) is 0 Å². The maximum Gasteiger partial charge on any atom is 0.230 e. The molecule has 3 heteroatoms. The lowest BCUT2D eigenvalue weighted by Crippen LogP contribution is -2.25. The molecule has 1 heterocycles. The summed E-state index contributed by atoms with van der Waals surface area (Å²) in [5, 5.41) is 2.46. The van der Waals surface area contributed by atoms with Gasteiger partial charge < -0.3 is 0 Å². The second-order valence-electron chi connectivity index (χ2n) is 6.87. The van der Waals surface area contributed by atoms with Gasteiger partial charge in [-0.15, -0.1) is 0 Å². The molecule has 0 aromatic heterocycles. The van der Waals surface area contributed by atoms with Crippen LogP contribution >= 0.6 is 0 Å². The van der Waals surface area contributed by atoms with Gasteiger partial charge in [-0.1, -0.05) is 77.4 Å². The molecule has 0 spiro atoms. The van der Waals surface area contributed by atoms with Gasteiger partial charge in [0.1, 0.15) is 0 Å². The Morgan fingerprint density at radius 2 is 1.65 bits per heavy atom. The Labute approximate surface area is 142 Å². The van der Waals surface area contributed by atoms with Crippen LogP contribution < -0.4 is 5.32 Å². The quantitative estimate of drug-likeness (QED) is 0.289. The Morgan fingerprint density at radius 3 is 2.30 bits per heavy atom. The van der Waals surface area contributed by atoms with E-state index in [0.29, 0.717) is 6.42 Å².